The summed E-state index contributed by atoms with van der Waals surface area (Å²) in [6.07, 6.45) is 1.72. The van der Waals surface area contributed by atoms with Crippen molar-refractivity contribution in [1.82, 2.24) is 10.2 Å². The van der Waals surface area contributed by atoms with Crippen LogP contribution in [0.2, 0.25) is 0 Å². The number of hydrogen-bond acceptors (Lipinski definition) is 2. The lowest BCUT2D eigenvalue weighted by molar-refractivity contribution is -0.133. The minimum atomic E-state index is -0.00444. The van der Waals surface area contributed by atoms with E-state index in [1.807, 2.05) is 7.05 Å². The van der Waals surface area contributed by atoms with Gasteiger partial charge in [0.1, 0.15) is 0 Å². The normalized spacial score (nSPS) is 27.1. The standard InChI is InChI=1S/C12H24N2O/c1-6-9(2)14-11(15)7-10(8-13-5)12(14,3)4/h9-10,13H,6-8H2,1-5H3. The molecule has 1 heterocycles. The zero-order valence-corrected chi connectivity index (χ0v) is 10.6. The van der Waals surface area contributed by atoms with Crippen LogP contribution >= 0.6 is 0 Å². The summed E-state index contributed by atoms with van der Waals surface area (Å²) in [5.74, 6) is 0.749. The van der Waals surface area contributed by atoms with Crippen LogP contribution < -0.4 is 5.32 Å². The number of hydrogen-bond donors (Lipinski definition) is 1. The predicted octanol–water partition coefficient (Wildman–Crippen LogP) is 1.63. The van der Waals surface area contributed by atoms with Crippen LogP contribution in [-0.4, -0.2) is 36.0 Å². The molecule has 1 aliphatic heterocycles. The Labute approximate surface area is 93.2 Å². The summed E-state index contributed by atoms with van der Waals surface area (Å²) in [6.45, 7) is 9.57. The van der Waals surface area contributed by atoms with Gasteiger partial charge in [0, 0.05) is 30.5 Å². The number of likely N-dealkylation sites (tertiary alicyclic amines) is 1. The second-order valence-corrected chi connectivity index (χ2v) is 5.13. The van der Waals surface area contributed by atoms with Crippen LogP contribution in [-0.2, 0) is 4.79 Å². The molecule has 0 spiro atoms. The molecule has 2 atom stereocenters. The first-order chi connectivity index (χ1) is 6.95. The summed E-state index contributed by atoms with van der Waals surface area (Å²) in [4.78, 5) is 14.1. The van der Waals surface area contributed by atoms with Gasteiger partial charge >= 0.3 is 0 Å². The Balaban J connectivity index is 2.84. The first-order valence-electron chi connectivity index (χ1n) is 5.91. The summed E-state index contributed by atoms with van der Waals surface area (Å²) in [5, 5.41) is 3.18. The molecule has 3 nitrogen and oxygen atoms in total. The van der Waals surface area contributed by atoms with Gasteiger partial charge in [-0.3, -0.25) is 4.79 Å². The smallest absolute Gasteiger partial charge is 0.223 e. The van der Waals surface area contributed by atoms with Crippen molar-refractivity contribution in [3.8, 4) is 0 Å². The molecule has 0 aromatic heterocycles. The summed E-state index contributed by atoms with van der Waals surface area (Å²) in [7, 11) is 1.95. The Morgan fingerprint density at radius 2 is 2.20 bits per heavy atom. The first-order valence-corrected chi connectivity index (χ1v) is 5.91. The molecule has 1 fully saturated rings. The van der Waals surface area contributed by atoms with Crippen molar-refractivity contribution < 1.29 is 4.79 Å². The van der Waals surface area contributed by atoms with E-state index >= 15 is 0 Å². The quantitative estimate of drug-likeness (QED) is 0.768. The van der Waals surface area contributed by atoms with E-state index in [0.717, 1.165) is 13.0 Å². The van der Waals surface area contributed by atoms with Crippen LogP contribution in [0.1, 0.15) is 40.5 Å². The Morgan fingerprint density at radius 1 is 1.60 bits per heavy atom. The summed E-state index contributed by atoms with van der Waals surface area (Å²) in [5.41, 5.74) is -0.00444. The highest BCUT2D eigenvalue weighted by Crippen LogP contribution is 2.37. The topological polar surface area (TPSA) is 32.3 Å². The van der Waals surface area contributed by atoms with Gasteiger partial charge in [0.25, 0.3) is 0 Å². The van der Waals surface area contributed by atoms with Crippen molar-refractivity contribution in [3.05, 3.63) is 0 Å². The second-order valence-electron chi connectivity index (χ2n) is 5.13. The van der Waals surface area contributed by atoms with Gasteiger partial charge in [-0.2, -0.15) is 0 Å². The van der Waals surface area contributed by atoms with Crippen molar-refractivity contribution in [2.45, 2.75) is 52.1 Å². The molecule has 0 radical (unpaired) electrons. The van der Waals surface area contributed by atoms with Crippen molar-refractivity contribution in [1.29, 1.82) is 0 Å². The van der Waals surface area contributed by atoms with Crippen molar-refractivity contribution in [2.75, 3.05) is 13.6 Å². The van der Waals surface area contributed by atoms with E-state index in [2.05, 4.69) is 37.9 Å². The Kier molecular flexibility index (Phi) is 3.77. The largest absolute Gasteiger partial charge is 0.335 e. The number of rotatable bonds is 4. The molecule has 3 heteroatoms. The van der Waals surface area contributed by atoms with Gasteiger partial charge in [0.05, 0.1) is 0 Å². The summed E-state index contributed by atoms with van der Waals surface area (Å²) in [6, 6.07) is 0.356. The fourth-order valence-electron chi connectivity index (χ4n) is 2.64. The van der Waals surface area contributed by atoms with E-state index in [-0.39, 0.29) is 5.54 Å². The number of carbonyl (C=O) groups excluding carboxylic acids is 1. The third-order valence-electron chi connectivity index (χ3n) is 3.79. The zero-order chi connectivity index (χ0) is 11.6. The van der Waals surface area contributed by atoms with Gasteiger partial charge in [0.2, 0.25) is 5.91 Å². The van der Waals surface area contributed by atoms with Gasteiger partial charge in [-0.05, 0) is 34.2 Å². The predicted molar refractivity (Wildman–Crippen MR) is 62.7 cm³/mol. The SMILES string of the molecule is CCC(C)N1C(=O)CC(CNC)C1(C)C. The van der Waals surface area contributed by atoms with Crippen molar-refractivity contribution >= 4 is 5.91 Å². The fraction of sp³-hybridized carbons (Fsp3) is 0.917. The average Bonchev–Trinajstić information content (AvgIpc) is 2.37. The molecule has 1 amide bonds. The van der Waals surface area contributed by atoms with Gasteiger partial charge in [-0.1, -0.05) is 6.92 Å². The molecule has 0 aromatic carbocycles. The van der Waals surface area contributed by atoms with Crippen molar-refractivity contribution in [3.63, 3.8) is 0 Å². The van der Waals surface area contributed by atoms with E-state index in [4.69, 9.17) is 0 Å². The Morgan fingerprint density at radius 3 is 2.67 bits per heavy atom. The van der Waals surface area contributed by atoms with Gasteiger partial charge in [0.15, 0.2) is 0 Å². The van der Waals surface area contributed by atoms with E-state index in [0.29, 0.717) is 24.3 Å². The molecule has 0 saturated carbocycles. The third-order valence-corrected chi connectivity index (χ3v) is 3.79. The summed E-state index contributed by atoms with van der Waals surface area (Å²) < 4.78 is 0. The first kappa shape index (κ1) is 12.5. The van der Waals surface area contributed by atoms with Gasteiger partial charge in [-0.25, -0.2) is 0 Å². The highest BCUT2D eigenvalue weighted by Gasteiger charge is 2.46. The lowest BCUT2D eigenvalue weighted by Crippen LogP contribution is -2.50. The van der Waals surface area contributed by atoms with E-state index in [1.54, 1.807) is 0 Å². The number of carbonyl (C=O) groups is 1. The maximum atomic E-state index is 12.0. The van der Waals surface area contributed by atoms with Gasteiger partial charge < -0.3 is 10.2 Å². The maximum Gasteiger partial charge on any atom is 0.223 e. The molecule has 1 aliphatic rings. The minimum absolute atomic E-state index is 0.00444. The van der Waals surface area contributed by atoms with Crippen molar-refractivity contribution in [2.24, 2.45) is 5.92 Å². The number of nitrogens with one attached hydrogen (secondary N) is 1. The zero-order valence-electron chi connectivity index (χ0n) is 10.6. The molecule has 0 aliphatic carbocycles. The van der Waals surface area contributed by atoms with Crippen LogP contribution in [0.15, 0.2) is 0 Å². The molecule has 1 saturated heterocycles. The molecule has 2 unspecified atom stereocenters. The van der Waals surface area contributed by atoms with Gasteiger partial charge in [-0.15, -0.1) is 0 Å². The molecular formula is C12H24N2O. The Bertz CT molecular complexity index is 238. The second kappa shape index (κ2) is 4.52. The highest BCUT2D eigenvalue weighted by molar-refractivity contribution is 5.80. The van der Waals surface area contributed by atoms with Crippen LogP contribution in [0, 0.1) is 5.92 Å². The molecule has 15 heavy (non-hydrogen) atoms. The van der Waals surface area contributed by atoms with Crippen LogP contribution in [0.5, 0.6) is 0 Å². The monoisotopic (exact) mass is 212 g/mol. The summed E-state index contributed by atoms with van der Waals surface area (Å²) >= 11 is 0. The minimum Gasteiger partial charge on any atom is -0.335 e. The highest BCUT2D eigenvalue weighted by atomic mass is 16.2. The third kappa shape index (κ3) is 2.17. The lowest BCUT2D eigenvalue weighted by Gasteiger charge is -2.39. The molecular weight excluding hydrogens is 188 g/mol. The molecule has 88 valence electrons. The average molecular weight is 212 g/mol. The van der Waals surface area contributed by atoms with E-state index < -0.39 is 0 Å². The molecule has 1 N–H and O–H groups in total. The number of nitrogens with zero attached hydrogens (tertiary/aromatic N) is 1. The molecule has 1 rings (SSSR count). The fourth-order valence-corrected chi connectivity index (χ4v) is 2.64. The van der Waals surface area contributed by atoms with E-state index in [1.165, 1.54) is 0 Å². The Hall–Kier alpha value is -0.570. The maximum absolute atomic E-state index is 12.0. The lowest BCUT2D eigenvalue weighted by atomic mass is 9.87. The van der Waals surface area contributed by atoms with Crippen LogP contribution in [0.25, 0.3) is 0 Å². The van der Waals surface area contributed by atoms with E-state index in [9.17, 15) is 4.79 Å². The van der Waals surface area contributed by atoms with Crippen LogP contribution in [0.4, 0.5) is 0 Å². The molecule has 0 aromatic rings. The molecule has 0 bridgehead atoms. The van der Waals surface area contributed by atoms with Crippen LogP contribution in [0.3, 0.4) is 0 Å². The number of amides is 1.